The number of hydrogen-bond acceptors (Lipinski definition) is 4. The van der Waals surface area contributed by atoms with Crippen molar-refractivity contribution in [3.63, 3.8) is 0 Å². The first-order valence-corrected chi connectivity index (χ1v) is 9.55. The third kappa shape index (κ3) is 3.28. The molecule has 6 heteroatoms. The summed E-state index contributed by atoms with van der Waals surface area (Å²) in [4.78, 5) is 17.1. The van der Waals surface area contributed by atoms with Crippen LogP contribution in [-0.2, 0) is 0 Å². The van der Waals surface area contributed by atoms with E-state index in [9.17, 15) is 9.18 Å². The molecule has 2 heterocycles. The molecule has 3 aromatic carbocycles. The summed E-state index contributed by atoms with van der Waals surface area (Å²) < 4.78 is 15.0. The molecule has 0 bridgehead atoms. The topological polar surface area (TPSA) is 59.8 Å². The number of nitrogens with zero attached hydrogens (tertiary/aromatic N) is 3. The van der Waals surface area contributed by atoms with Crippen molar-refractivity contribution in [1.29, 1.82) is 0 Å². The molecule has 0 radical (unpaired) electrons. The van der Waals surface area contributed by atoms with Gasteiger partial charge in [-0.3, -0.25) is 4.79 Å². The summed E-state index contributed by atoms with van der Waals surface area (Å²) in [5, 5.41) is 8.05. The van der Waals surface area contributed by atoms with Gasteiger partial charge in [-0.15, -0.1) is 0 Å². The minimum atomic E-state index is -0.449. The van der Waals surface area contributed by atoms with Gasteiger partial charge in [0.2, 0.25) is 0 Å². The second-order valence-corrected chi connectivity index (χ2v) is 6.95. The van der Waals surface area contributed by atoms with Gasteiger partial charge < -0.3 is 5.32 Å². The molecule has 1 atom stereocenters. The minimum absolute atomic E-state index is 0.179. The number of halogens is 1. The summed E-state index contributed by atoms with van der Waals surface area (Å²) in [5.74, 6) is 0.118. The molecule has 0 spiro atoms. The maximum Gasteiger partial charge on any atom is 0.300 e. The van der Waals surface area contributed by atoms with Crippen molar-refractivity contribution in [2.24, 2.45) is 0 Å². The predicted octanol–water partition coefficient (Wildman–Crippen LogP) is 4.75. The third-order valence-corrected chi connectivity index (χ3v) is 4.96. The zero-order valence-electron chi connectivity index (χ0n) is 15.9. The summed E-state index contributed by atoms with van der Waals surface area (Å²) in [6.07, 6.45) is 3.62. The molecule has 1 aliphatic rings. The molecule has 0 saturated heterocycles. The molecule has 1 aliphatic heterocycles. The SMILES string of the molecule is O=c1nc2n(nc1-c1ccc(F)cc1)[C@H](/C=C\c1ccccc1)Nc1ccccc1-2. The normalized spacial score (nSPS) is 14.8. The first-order chi connectivity index (χ1) is 14.7. The molecular weight excluding hydrogens is 379 g/mol. The van der Waals surface area contributed by atoms with Crippen LogP contribution < -0.4 is 10.9 Å². The van der Waals surface area contributed by atoms with Crippen molar-refractivity contribution >= 4 is 11.8 Å². The number of para-hydroxylation sites is 1. The fourth-order valence-corrected chi connectivity index (χ4v) is 3.49. The summed E-state index contributed by atoms with van der Waals surface area (Å²) in [6.45, 7) is 0. The number of aromatic nitrogens is 3. The van der Waals surface area contributed by atoms with Crippen molar-refractivity contribution in [1.82, 2.24) is 14.8 Å². The molecule has 1 N–H and O–H groups in total. The van der Waals surface area contributed by atoms with Gasteiger partial charge in [0.15, 0.2) is 11.5 Å². The number of benzene rings is 3. The van der Waals surface area contributed by atoms with E-state index in [1.165, 1.54) is 24.3 Å². The van der Waals surface area contributed by atoms with Crippen molar-refractivity contribution in [2.45, 2.75) is 6.17 Å². The lowest BCUT2D eigenvalue weighted by molar-refractivity contribution is 0.565. The molecule has 5 rings (SSSR count). The van der Waals surface area contributed by atoms with Crippen LogP contribution in [0.25, 0.3) is 28.7 Å². The van der Waals surface area contributed by atoms with Gasteiger partial charge in [-0.2, -0.15) is 10.1 Å². The van der Waals surface area contributed by atoms with Crippen molar-refractivity contribution in [3.8, 4) is 22.6 Å². The highest BCUT2D eigenvalue weighted by Crippen LogP contribution is 2.34. The van der Waals surface area contributed by atoms with Gasteiger partial charge in [0, 0.05) is 16.8 Å². The van der Waals surface area contributed by atoms with Crippen LogP contribution in [-0.4, -0.2) is 14.8 Å². The molecule has 0 saturated carbocycles. The van der Waals surface area contributed by atoms with Gasteiger partial charge in [0.1, 0.15) is 12.0 Å². The monoisotopic (exact) mass is 396 g/mol. The largest absolute Gasteiger partial charge is 0.360 e. The molecular formula is C24H17FN4O. The minimum Gasteiger partial charge on any atom is -0.360 e. The Morgan fingerprint density at radius 2 is 1.67 bits per heavy atom. The Morgan fingerprint density at radius 3 is 2.47 bits per heavy atom. The number of rotatable bonds is 3. The van der Waals surface area contributed by atoms with Gasteiger partial charge in [-0.05, 0) is 48.0 Å². The number of anilines is 1. The lowest BCUT2D eigenvalue weighted by Crippen LogP contribution is -2.30. The lowest BCUT2D eigenvalue weighted by atomic mass is 10.1. The van der Waals surface area contributed by atoms with Crippen LogP contribution in [0.4, 0.5) is 10.1 Å². The van der Waals surface area contributed by atoms with E-state index in [0.29, 0.717) is 11.4 Å². The Hall–Kier alpha value is -4.06. The van der Waals surface area contributed by atoms with E-state index in [4.69, 9.17) is 0 Å². The highest BCUT2D eigenvalue weighted by Gasteiger charge is 2.25. The first-order valence-electron chi connectivity index (χ1n) is 9.55. The maximum absolute atomic E-state index is 13.3. The molecule has 4 aromatic rings. The summed E-state index contributed by atoms with van der Waals surface area (Å²) in [6, 6.07) is 23.3. The molecule has 146 valence electrons. The standard InChI is InChI=1S/C24H17FN4O/c25-18-13-11-17(12-14-18)22-24(30)27-23-19-8-4-5-9-20(19)26-21(29(23)28-22)15-10-16-6-2-1-3-7-16/h1-15,21,26H/b15-10-/t21-/m1/s1. The molecule has 30 heavy (non-hydrogen) atoms. The average Bonchev–Trinajstić information content (AvgIpc) is 2.78. The Kier molecular flexibility index (Phi) is 4.44. The molecule has 5 nitrogen and oxygen atoms in total. The third-order valence-electron chi connectivity index (χ3n) is 4.96. The number of nitrogens with one attached hydrogen (secondary N) is 1. The maximum atomic E-state index is 13.3. The van der Waals surface area contributed by atoms with Crippen LogP contribution in [0.3, 0.4) is 0 Å². The van der Waals surface area contributed by atoms with E-state index >= 15 is 0 Å². The van der Waals surface area contributed by atoms with Crippen LogP contribution in [0.5, 0.6) is 0 Å². The summed E-state index contributed by atoms with van der Waals surface area (Å²) >= 11 is 0. The second-order valence-electron chi connectivity index (χ2n) is 6.95. The van der Waals surface area contributed by atoms with Crippen molar-refractivity contribution < 1.29 is 4.39 Å². The van der Waals surface area contributed by atoms with Crippen LogP contribution in [0.1, 0.15) is 11.7 Å². The van der Waals surface area contributed by atoms with Gasteiger partial charge in [0.05, 0.1) is 0 Å². The number of fused-ring (bicyclic) bond motifs is 3. The van der Waals surface area contributed by atoms with Gasteiger partial charge in [-0.25, -0.2) is 9.07 Å². The first kappa shape index (κ1) is 18.0. The molecule has 0 aliphatic carbocycles. The molecule has 0 fully saturated rings. The fraction of sp³-hybridized carbons (Fsp3) is 0.0417. The number of hydrogen-bond donors (Lipinski definition) is 1. The Balaban J connectivity index is 1.65. The lowest BCUT2D eigenvalue weighted by Gasteiger charge is -2.28. The van der Waals surface area contributed by atoms with Crippen molar-refractivity contribution in [2.75, 3.05) is 5.32 Å². The van der Waals surface area contributed by atoms with Crippen LogP contribution in [0, 0.1) is 5.82 Å². The Bertz CT molecular complexity index is 1300. The summed E-state index contributed by atoms with van der Waals surface area (Å²) in [7, 11) is 0. The highest BCUT2D eigenvalue weighted by atomic mass is 19.1. The predicted molar refractivity (Wildman–Crippen MR) is 115 cm³/mol. The van der Waals surface area contributed by atoms with Crippen LogP contribution >= 0.6 is 0 Å². The second kappa shape index (κ2) is 7.40. The van der Waals surface area contributed by atoms with E-state index < -0.39 is 5.56 Å². The fourth-order valence-electron chi connectivity index (χ4n) is 3.49. The zero-order chi connectivity index (χ0) is 20.5. The van der Waals surface area contributed by atoms with E-state index in [2.05, 4.69) is 15.4 Å². The molecule has 1 aromatic heterocycles. The van der Waals surface area contributed by atoms with E-state index in [0.717, 1.165) is 16.8 Å². The van der Waals surface area contributed by atoms with E-state index in [-0.39, 0.29) is 17.7 Å². The molecule has 0 unspecified atom stereocenters. The Labute approximate surface area is 172 Å². The average molecular weight is 396 g/mol. The van der Waals surface area contributed by atoms with Crippen LogP contribution in [0.15, 0.2) is 89.7 Å². The van der Waals surface area contributed by atoms with E-state index in [1.54, 1.807) is 4.68 Å². The quantitative estimate of drug-likeness (QED) is 0.543. The van der Waals surface area contributed by atoms with Crippen LogP contribution in [0.2, 0.25) is 0 Å². The van der Waals surface area contributed by atoms with Gasteiger partial charge in [0.25, 0.3) is 5.56 Å². The van der Waals surface area contributed by atoms with Gasteiger partial charge >= 0.3 is 0 Å². The Morgan fingerprint density at radius 1 is 0.933 bits per heavy atom. The highest BCUT2D eigenvalue weighted by molar-refractivity contribution is 5.76. The zero-order valence-corrected chi connectivity index (χ0v) is 15.9. The van der Waals surface area contributed by atoms with E-state index in [1.807, 2.05) is 66.7 Å². The smallest absolute Gasteiger partial charge is 0.300 e. The van der Waals surface area contributed by atoms with Gasteiger partial charge in [-0.1, -0.05) is 48.5 Å². The summed E-state index contributed by atoms with van der Waals surface area (Å²) in [5.41, 5.74) is 2.98. The van der Waals surface area contributed by atoms with Crippen molar-refractivity contribution in [3.05, 3.63) is 107 Å². The molecule has 0 amide bonds.